The zero-order valence-electron chi connectivity index (χ0n) is 8.95. The van der Waals surface area contributed by atoms with Gasteiger partial charge in [-0.15, -0.1) is 0 Å². The minimum Gasteiger partial charge on any atom is -0.302 e. The largest absolute Gasteiger partial charge is 0.302 e. The minimum absolute atomic E-state index is 0.365. The maximum atomic E-state index is 10.8. The van der Waals surface area contributed by atoms with Crippen LogP contribution in [0, 0.1) is 5.41 Å². The van der Waals surface area contributed by atoms with Crippen LogP contribution < -0.4 is 0 Å². The molecule has 14 heavy (non-hydrogen) atoms. The first-order valence-electron chi connectivity index (χ1n) is 4.76. The van der Waals surface area contributed by atoms with Gasteiger partial charge in [-0.25, -0.2) is 0 Å². The van der Waals surface area contributed by atoms with Gasteiger partial charge in [0.25, 0.3) is 0 Å². The molecular formula is C13H16O. The summed E-state index contributed by atoms with van der Waals surface area (Å²) >= 11 is 0. The lowest BCUT2D eigenvalue weighted by Gasteiger charge is -2.17. The molecule has 0 amide bonds. The highest BCUT2D eigenvalue weighted by Gasteiger charge is 2.18. The predicted octanol–water partition coefficient (Wildman–Crippen LogP) is 3.32. The van der Waals surface area contributed by atoms with Gasteiger partial charge in [0.2, 0.25) is 0 Å². The van der Waals surface area contributed by atoms with Crippen LogP contribution in [0.3, 0.4) is 0 Å². The fraction of sp³-hybridized carbons (Fsp3) is 0.308. The average molecular weight is 188 g/mol. The van der Waals surface area contributed by atoms with E-state index in [-0.39, 0.29) is 5.41 Å². The van der Waals surface area contributed by atoms with Gasteiger partial charge in [-0.1, -0.05) is 42.0 Å². The summed E-state index contributed by atoms with van der Waals surface area (Å²) in [6.07, 6.45) is 3.04. The molecule has 1 heteroatoms. The van der Waals surface area contributed by atoms with Crippen molar-refractivity contribution in [3.8, 4) is 0 Å². The predicted molar refractivity (Wildman–Crippen MR) is 59.9 cm³/mol. The number of allylic oxidation sites excluding steroid dienone is 1. The summed E-state index contributed by atoms with van der Waals surface area (Å²) in [7, 11) is 0. The molecule has 0 bridgehead atoms. The number of benzene rings is 1. The fourth-order valence-electron chi connectivity index (χ4n) is 1.08. The number of rotatable bonds is 3. The summed E-state index contributed by atoms with van der Waals surface area (Å²) in [4.78, 5) is 10.8. The summed E-state index contributed by atoms with van der Waals surface area (Å²) in [6.45, 7) is 5.84. The van der Waals surface area contributed by atoms with Crippen LogP contribution in [0.25, 0.3) is 6.08 Å². The monoisotopic (exact) mass is 188 g/mol. The summed E-state index contributed by atoms with van der Waals surface area (Å²) in [5, 5.41) is 0. The third-order valence-corrected chi connectivity index (χ3v) is 2.49. The lowest BCUT2D eigenvalue weighted by atomic mass is 9.86. The van der Waals surface area contributed by atoms with Gasteiger partial charge in [-0.3, -0.25) is 0 Å². The van der Waals surface area contributed by atoms with Crippen LogP contribution in [0.4, 0.5) is 0 Å². The van der Waals surface area contributed by atoms with Crippen molar-refractivity contribution in [2.24, 2.45) is 5.41 Å². The zero-order valence-corrected chi connectivity index (χ0v) is 8.95. The van der Waals surface area contributed by atoms with Crippen LogP contribution in [0.15, 0.2) is 35.9 Å². The van der Waals surface area contributed by atoms with E-state index in [1.54, 1.807) is 0 Å². The molecule has 0 aliphatic rings. The molecule has 1 aromatic carbocycles. The summed E-state index contributed by atoms with van der Waals surface area (Å²) in [5.74, 6) is 0. The van der Waals surface area contributed by atoms with Crippen molar-refractivity contribution >= 4 is 12.4 Å². The highest BCUT2D eigenvalue weighted by atomic mass is 16.1. The molecule has 0 N–H and O–H groups in total. The highest BCUT2D eigenvalue weighted by Crippen LogP contribution is 2.24. The quantitative estimate of drug-likeness (QED) is 0.665. The van der Waals surface area contributed by atoms with Crippen molar-refractivity contribution in [1.82, 2.24) is 0 Å². The first kappa shape index (κ1) is 10.7. The standard InChI is InChI=1S/C13H16O/c1-11(13(2,3)10-14)9-12-7-5-4-6-8-12/h4-10H,1-3H3/b11-9+. The molecule has 1 rings (SSSR count). The van der Waals surface area contributed by atoms with Crippen LogP contribution in [-0.2, 0) is 4.79 Å². The number of hydrogen-bond acceptors (Lipinski definition) is 1. The van der Waals surface area contributed by atoms with Gasteiger partial charge >= 0.3 is 0 Å². The van der Waals surface area contributed by atoms with E-state index in [0.717, 1.165) is 17.4 Å². The van der Waals surface area contributed by atoms with Gasteiger partial charge in [-0.05, 0) is 26.3 Å². The first-order valence-corrected chi connectivity index (χ1v) is 4.76. The van der Waals surface area contributed by atoms with E-state index in [0.29, 0.717) is 0 Å². The van der Waals surface area contributed by atoms with Gasteiger partial charge < -0.3 is 4.79 Å². The Labute approximate surface area is 85.5 Å². The van der Waals surface area contributed by atoms with Gasteiger partial charge in [0.05, 0.1) is 0 Å². The van der Waals surface area contributed by atoms with Crippen LogP contribution in [0.5, 0.6) is 0 Å². The van der Waals surface area contributed by atoms with E-state index in [1.165, 1.54) is 0 Å². The van der Waals surface area contributed by atoms with Crippen molar-refractivity contribution in [2.75, 3.05) is 0 Å². The number of carbonyl (C=O) groups is 1. The summed E-state index contributed by atoms with van der Waals surface area (Å²) in [6, 6.07) is 10.0. The third-order valence-electron chi connectivity index (χ3n) is 2.49. The van der Waals surface area contributed by atoms with Gasteiger partial charge in [0.1, 0.15) is 6.29 Å². The van der Waals surface area contributed by atoms with E-state index in [4.69, 9.17) is 0 Å². The molecule has 0 aromatic heterocycles. The van der Waals surface area contributed by atoms with Crippen molar-refractivity contribution in [2.45, 2.75) is 20.8 Å². The Morgan fingerprint density at radius 3 is 2.29 bits per heavy atom. The van der Waals surface area contributed by atoms with Crippen molar-refractivity contribution in [3.63, 3.8) is 0 Å². The van der Waals surface area contributed by atoms with E-state index < -0.39 is 0 Å². The normalized spacial score (nSPS) is 12.6. The molecule has 0 saturated carbocycles. The molecule has 0 heterocycles. The Morgan fingerprint density at radius 2 is 1.79 bits per heavy atom. The van der Waals surface area contributed by atoms with E-state index in [2.05, 4.69) is 6.08 Å². The summed E-state index contributed by atoms with van der Waals surface area (Å²) in [5.41, 5.74) is 1.86. The Morgan fingerprint density at radius 1 is 1.21 bits per heavy atom. The van der Waals surface area contributed by atoms with E-state index >= 15 is 0 Å². The molecule has 0 spiro atoms. The van der Waals surface area contributed by atoms with Gasteiger partial charge in [0.15, 0.2) is 0 Å². The third kappa shape index (κ3) is 2.56. The second-order valence-corrected chi connectivity index (χ2v) is 4.08. The molecule has 0 fully saturated rings. The Bertz CT molecular complexity index is 334. The smallest absolute Gasteiger partial charge is 0.129 e. The molecule has 0 atom stereocenters. The van der Waals surface area contributed by atoms with E-state index in [9.17, 15) is 4.79 Å². The maximum absolute atomic E-state index is 10.8. The van der Waals surface area contributed by atoms with Gasteiger partial charge in [-0.2, -0.15) is 0 Å². The van der Waals surface area contributed by atoms with Crippen molar-refractivity contribution in [1.29, 1.82) is 0 Å². The van der Waals surface area contributed by atoms with Crippen LogP contribution >= 0.6 is 0 Å². The SMILES string of the molecule is C/C(=C\c1ccccc1)C(C)(C)C=O. The molecule has 1 aromatic rings. The Hall–Kier alpha value is -1.37. The van der Waals surface area contributed by atoms with E-state index in [1.807, 2.05) is 51.1 Å². The average Bonchev–Trinajstić information content (AvgIpc) is 2.19. The topological polar surface area (TPSA) is 17.1 Å². The lowest BCUT2D eigenvalue weighted by Crippen LogP contribution is -2.14. The number of hydrogen-bond donors (Lipinski definition) is 0. The molecule has 0 aliphatic heterocycles. The molecule has 0 saturated heterocycles. The second kappa shape index (κ2) is 4.23. The lowest BCUT2D eigenvalue weighted by molar-refractivity contribution is -0.113. The molecule has 0 unspecified atom stereocenters. The summed E-state index contributed by atoms with van der Waals surface area (Å²) < 4.78 is 0. The Kier molecular flexibility index (Phi) is 3.23. The van der Waals surface area contributed by atoms with Crippen molar-refractivity contribution < 1.29 is 4.79 Å². The highest BCUT2D eigenvalue weighted by molar-refractivity contribution is 5.68. The van der Waals surface area contributed by atoms with Crippen molar-refractivity contribution in [3.05, 3.63) is 41.5 Å². The molecular weight excluding hydrogens is 172 g/mol. The molecule has 0 aliphatic carbocycles. The minimum atomic E-state index is -0.365. The zero-order chi connectivity index (χ0) is 10.6. The first-order chi connectivity index (χ1) is 6.56. The number of aldehydes is 1. The molecule has 0 radical (unpaired) electrons. The fourth-order valence-corrected chi connectivity index (χ4v) is 1.08. The molecule has 1 nitrogen and oxygen atoms in total. The molecule has 74 valence electrons. The Balaban J connectivity index is 2.95. The van der Waals surface area contributed by atoms with Crippen LogP contribution in [-0.4, -0.2) is 6.29 Å². The maximum Gasteiger partial charge on any atom is 0.129 e. The second-order valence-electron chi connectivity index (χ2n) is 4.08. The van der Waals surface area contributed by atoms with Crippen LogP contribution in [0.2, 0.25) is 0 Å². The van der Waals surface area contributed by atoms with Gasteiger partial charge in [0, 0.05) is 5.41 Å². The number of carbonyl (C=O) groups excluding carboxylic acids is 1. The van der Waals surface area contributed by atoms with Crippen LogP contribution in [0.1, 0.15) is 26.3 Å².